The molecule has 0 fully saturated rings. The molecule has 0 spiro atoms. The highest BCUT2D eigenvalue weighted by molar-refractivity contribution is 5.47. The lowest BCUT2D eigenvalue weighted by molar-refractivity contribution is 0.541. The van der Waals surface area contributed by atoms with Crippen molar-refractivity contribution in [1.82, 2.24) is 0 Å². The molecule has 0 saturated heterocycles. The van der Waals surface area contributed by atoms with Crippen LogP contribution in [0.4, 0.5) is 0 Å². The zero-order chi connectivity index (χ0) is 11.8. The Morgan fingerprint density at radius 3 is 2.25 bits per heavy atom. The van der Waals surface area contributed by atoms with E-state index in [1.54, 1.807) is 0 Å². The van der Waals surface area contributed by atoms with Crippen LogP contribution >= 0.6 is 0 Å². The van der Waals surface area contributed by atoms with Gasteiger partial charge in [0.1, 0.15) is 0 Å². The summed E-state index contributed by atoms with van der Waals surface area (Å²) >= 11 is 0. The zero-order valence-electron chi connectivity index (χ0n) is 10.7. The summed E-state index contributed by atoms with van der Waals surface area (Å²) < 4.78 is 0. The standard InChI is InChI=1S/C16H24/c1-4-7-9-15(8-5-2)16-12-10-14(6-3)11-13-16/h6,10-13,15H,3-5,7-9H2,1-2H3. The van der Waals surface area contributed by atoms with Crippen LogP contribution in [-0.2, 0) is 0 Å². The van der Waals surface area contributed by atoms with Gasteiger partial charge in [-0.3, -0.25) is 0 Å². The molecule has 1 unspecified atom stereocenters. The zero-order valence-corrected chi connectivity index (χ0v) is 10.7. The topological polar surface area (TPSA) is 0 Å². The summed E-state index contributed by atoms with van der Waals surface area (Å²) in [5, 5.41) is 0. The molecule has 1 aromatic rings. The summed E-state index contributed by atoms with van der Waals surface area (Å²) in [5.74, 6) is 0.754. The summed E-state index contributed by atoms with van der Waals surface area (Å²) in [6.45, 7) is 8.33. The lowest BCUT2D eigenvalue weighted by Crippen LogP contribution is -1.98. The van der Waals surface area contributed by atoms with Crippen LogP contribution in [0.5, 0.6) is 0 Å². The van der Waals surface area contributed by atoms with E-state index < -0.39 is 0 Å². The van der Waals surface area contributed by atoms with Crippen LogP contribution in [0.2, 0.25) is 0 Å². The molecule has 0 amide bonds. The van der Waals surface area contributed by atoms with Gasteiger partial charge < -0.3 is 0 Å². The van der Waals surface area contributed by atoms with E-state index in [0.717, 1.165) is 5.92 Å². The third kappa shape index (κ3) is 3.84. The van der Waals surface area contributed by atoms with Gasteiger partial charge in [0.15, 0.2) is 0 Å². The third-order valence-corrected chi connectivity index (χ3v) is 3.19. The van der Waals surface area contributed by atoms with Crippen LogP contribution in [0.3, 0.4) is 0 Å². The fourth-order valence-electron chi connectivity index (χ4n) is 2.18. The second-order valence-corrected chi connectivity index (χ2v) is 4.50. The highest BCUT2D eigenvalue weighted by Gasteiger charge is 2.09. The molecule has 0 nitrogen and oxygen atoms in total. The predicted octanol–water partition coefficient (Wildman–Crippen LogP) is 5.40. The first kappa shape index (κ1) is 13.0. The average molecular weight is 216 g/mol. The Morgan fingerprint density at radius 1 is 1.06 bits per heavy atom. The summed E-state index contributed by atoms with van der Waals surface area (Å²) in [6, 6.07) is 8.90. The summed E-state index contributed by atoms with van der Waals surface area (Å²) in [7, 11) is 0. The Morgan fingerprint density at radius 2 is 1.75 bits per heavy atom. The molecule has 0 saturated carbocycles. The highest BCUT2D eigenvalue weighted by Crippen LogP contribution is 2.27. The second-order valence-electron chi connectivity index (χ2n) is 4.50. The van der Waals surface area contributed by atoms with E-state index in [-0.39, 0.29) is 0 Å². The molecule has 1 atom stereocenters. The molecule has 0 heteroatoms. The van der Waals surface area contributed by atoms with Crippen molar-refractivity contribution >= 4 is 6.08 Å². The van der Waals surface area contributed by atoms with Gasteiger partial charge in [0.2, 0.25) is 0 Å². The first-order valence-electron chi connectivity index (χ1n) is 6.54. The van der Waals surface area contributed by atoms with Crippen LogP contribution in [0.1, 0.15) is 63.0 Å². The molecule has 0 aliphatic heterocycles. The van der Waals surface area contributed by atoms with Crippen LogP contribution in [0.25, 0.3) is 6.08 Å². The van der Waals surface area contributed by atoms with E-state index in [2.05, 4.69) is 44.7 Å². The summed E-state index contributed by atoms with van der Waals surface area (Å²) in [5.41, 5.74) is 2.72. The molecule has 0 N–H and O–H groups in total. The molecule has 0 aliphatic carbocycles. The lowest BCUT2D eigenvalue weighted by atomic mass is 9.89. The minimum Gasteiger partial charge on any atom is -0.0985 e. The van der Waals surface area contributed by atoms with Gasteiger partial charge in [-0.15, -0.1) is 0 Å². The SMILES string of the molecule is C=Cc1ccc(C(CCC)CCCC)cc1. The van der Waals surface area contributed by atoms with Gasteiger partial charge in [-0.05, 0) is 29.9 Å². The molecular formula is C16H24. The number of hydrogen-bond acceptors (Lipinski definition) is 0. The largest absolute Gasteiger partial charge is 0.0985 e. The van der Waals surface area contributed by atoms with E-state index in [9.17, 15) is 0 Å². The van der Waals surface area contributed by atoms with Crippen molar-refractivity contribution in [2.75, 3.05) is 0 Å². The van der Waals surface area contributed by atoms with Gasteiger partial charge >= 0.3 is 0 Å². The number of benzene rings is 1. The fraction of sp³-hybridized carbons (Fsp3) is 0.500. The van der Waals surface area contributed by atoms with Crippen molar-refractivity contribution in [3.8, 4) is 0 Å². The Balaban J connectivity index is 2.70. The van der Waals surface area contributed by atoms with E-state index in [0.29, 0.717) is 0 Å². The number of rotatable bonds is 7. The summed E-state index contributed by atoms with van der Waals surface area (Å²) in [6.07, 6.45) is 8.46. The van der Waals surface area contributed by atoms with Gasteiger partial charge in [0.05, 0.1) is 0 Å². The number of unbranched alkanes of at least 4 members (excludes halogenated alkanes) is 1. The molecule has 0 heterocycles. The quantitative estimate of drug-likeness (QED) is 0.572. The van der Waals surface area contributed by atoms with Crippen molar-refractivity contribution in [3.63, 3.8) is 0 Å². The molecule has 1 aromatic carbocycles. The van der Waals surface area contributed by atoms with Crippen molar-refractivity contribution in [3.05, 3.63) is 42.0 Å². The Labute approximate surface area is 100 Å². The molecule has 16 heavy (non-hydrogen) atoms. The number of hydrogen-bond donors (Lipinski definition) is 0. The van der Waals surface area contributed by atoms with Gasteiger partial charge in [0.25, 0.3) is 0 Å². The minimum atomic E-state index is 0.754. The van der Waals surface area contributed by atoms with Crippen LogP contribution < -0.4 is 0 Å². The average Bonchev–Trinajstić information content (AvgIpc) is 2.35. The molecule has 0 aliphatic rings. The van der Waals surface area contributed by atoms with E-state index in [1.807, 2.05) is 6.08 Å². The monoisotopic (exact) mass is 216 g/mol. The summed E-state index contributed by atoms with van der Waals surface area (Å²) in [4.78, 5) is 0. The van der Waals surface area contributed by atoms with E-state index in [1.165, 1.54) is 43.2 Å². The first-order valence-corrected chi connectivity index (χ1v) is 6.54. The Bertz CT molecular complexity index is 294. The molecule has 88 valence electrons. The van der Waals surface area contributed by atoms with Gasteiger partial charge in [-0.25, -0.2) is 0 Å². The highest BCUT2D eigenvalue weighted by atomic mass is 14.1. The Kier molecular flexibility index (Phi) is 5.92. The molecule has 1 rings (SSSR count). The van der Waals surface area contributed by atoms with Gasteiger partial charge in [-0.2, -0.15) is 0 Å². The maximum atomic E-state index is 3.79. The van der Waals surface area contributed by atoms with Crippen LogP contribution in [-0.4, -0.2) is 0 Å². The second kappa shape index (κ2) is 7.27. The predicted molar refractivity (Wildman–Crippen MR) is 73.7 cm³/mol. The van der Waals surface area contributed by atoms with E-state index >= 15 is 0 Å². The van der Waals surface area contributed by atoms with Crippen molar-refractivity contribution in [1.29, 1.82) is 0 Å². The molecular weight excluding hydrogens is 192 g/mol. The minimum absolute atomic E-state index is 0.754. The van der Waals surface area contributed by atoms with E-state index in [4.69, 9.17) is 0 Å². The fourth-order valence-corrected chi connectivity index (χ4v) is 2.18. The van der Waals surface area contributed by atoms with Gasteiger partial charge in [0, 0.05) is 0 Å². The molecule has 0 radical (unpaired) electrons. The smallest absolute Gasteiger partial charge is 0.0162 e. The lowest BCUT2D eigenvalue weighted by Gasteiger charge is -2.16. The van der Waals surface area contributed by atoms with Crippen molar-refractivity contribution in [2.45, 2.75) is 51.9 Å². The maximum Gasteiger partial charge on any atom is -0.0162 e. The molecule has 0 bridgehead atoms. The van der Waals surface area contributed by atoms with Gasteiger partial charge in [-0.1, -0.05) is 70.0 Å². The van der Waals surface area contributed by atoms with Crippen molar-refractivity contribution < 1.29 is 0 Å². The van der Waals surface area contributed by atoms with Crippen LogP contribution in [0.15, 0.2) is 30.8 Å². The third-order valence-electron chi connectivity index (χ3n) is 3.19. The molecule has 0 aromatic heterocycles. The first-order chi connectivity index (χ1) is 7.81. The normalized spacial score (nSPS) is 12.4. The van der Waals surface area contributed by atoms with Crippen molar-refractivity contribution in [2.24, 2.45) is 0 Å². The van der Waals surface area contributed by atoms with Crippen LogP contribution in [0, 0.1) is 0 Å². The maximum absolute atomic E-state index is 3.79. The Hall–Kier alpha value is -1.04.